The smallest absolute Gasteiger partial charge is 0.291 e. The molecule has 1 aromatic heterocycles. The van der Waals surface area contributed by atoms with E-state index in [0.717, 1.165) is 5.56 Å². The quantitative estimate of drug-likeness (QED) is 0.698. The van der Waals surface area contributed by atoms with Gasteiger partial charge in [0.25, 0.3) is 11.8 Å². The number of ether oxygens (including phenoxy) is 2. The normalized spacial score (nSPS) is 14.8. The highest BCUT2D eigenvalue weighted by Crippen LogP contribution is 2.31. The molecule has 1 unspecified atom stereocenters. The van der Waals surface area contributed by atoms with Gasteiger partial charge in [0.2, 0.25) is 0 Å². The summed E-state index contributed by atoms with van der Waals surface area (Å²) < 4.78 is 16.8. The molecule has 2 aromatic carbocycles. The van der Waals surface area contributed by atoms with E-state index >= 15 is 0 Å². The van der Waals surface area contributed by atoms with Crippen LogP contribution in [0.5, 0.6) is 11.5 Å². The number of benzene rings is 2. The second-order valence-electron chi connectivity index (χ2n) is 7.14. The summed E-state index contributed by atoms with van der Waals surface area (Å²) in [5.74, 6) is 1.04. The third kappa shape index (κ3) is 4.15. The summed E-state index contributed by atoms with van der Waals surface area (Å²) in [5.41, 5.74) is 1.87. The average Bonchev–Trinajstić information content (AvgIpc) is 3.30. The molecule has 1 aliphatic heterocycles. The van der Waals surface area contributed by atoms with E-state index in [1.807, 2.05) is 31.2 Å². The maximum absolute atomic E-state index is 12.9. The highest BCUT2D eigenvalue weighted by Gasteiger charge is 2.24. The van der Waals surface area contributed by atoms with Crippen molar-refractivity contribution in [2.45, 2.75) is 13.0 Å². The Morgan fingerprint density at radius 3 is 2.67 bits per heavy atom. The lowest BCUT2D eigenvalue weighted by Crippen LogP contribution is -2.41. The summed E-state index contributed by atoms with van der Waals surface area (Å²) in [4.78, 5) is 26.8. The number of anilines is 1. The Bertz CT molecular complexity index is 1060. The van der Waals surface area contributed by atoms with Gasteiger partial charge < -0.3 is 24.1 Å². The molecule has 0 radical (unpaired) electrons. The van der Waals surface area contributed by atoms with Crippen LogP contribution < -0.4 is 14.8 Å². The van der Waals surface area contributed by atoms with Gasteiger partial charge in [-0.2, -0.15) is 0 Å². The first-order valence-corrected chi connectivity index (χ1v) is 9.60. The standard InChI is InChI=1S/C23H22N2O5/c1-15-9-10-16(12-18(15)24-22(26)21-8-5-11-28-21)23(27)25(2)13-17-14-29-19-6-3-4-7-20(19)30-17/h3-12,17H,13-14H2,1-2H3,(H,24,26). The number of carbonyl (C=O) groups excluding carboxylic acids is 2. The summed E-state index contributed by atoms with van der Waals surface area (Å²) in [6.45, 7) is 2.60. The van der Waals surface area contributed by atoms with Crippen molar-refractivity contribution >= 4 is 17.5 Å². The summed E-state index contributed by atoms with van der Waals surface area (Å²) in [6, 6.07) is 15.9. The van der Waals surface area contributed by atoms with Crippen molar-refractivity contribution in [1.29, 1.82) is 0 Å². The summed E-state index contributed by atoms with van der Waals surface area (Å²) >= 11 is 0. The number of likely N-dealkylation sites (N-methyl/N-ethyl adjacent to an activating group) is 1. The van der Waals surface area contributed by atoms with Gasteiger partial charge in [0.1, 0.15) is 6.61 Å². The molecule has 30 heavy (non-hydrogen) atoms. The molecular formula is C23H22N2O5. The van der Waals surface area contributed by atoms with Crippen LogP contribution in [0.2, 0.25) is 0 Å². The van der Waals surface area contributed by atoms with Crippen LogP contribution in [0, 0.1) is 6.92 Å². The van der Waals surface area contributed by atoms with Crippen molar-refractivity contribution in [3.05, 3.63) is 77.7 Å². The van der Waals surface area contributed by atoms with Crippen LogP contribution in [-0.4, -0.2) is 43.0 Å². The maximum atomic E-state index is 12.9. The molecule has 0 saturated heterocycles. The number of hydrogen-bond donors (Lipinski definition) is 1. The number of aryl methyl sites for hydroxylation is 1. The fraction of sp³-hybridized carbons (Fsp3) is 0.217. The highest BCUT2D eigenvalue weighted by atomic mass is 16.6. The largest absolute Gasteiger partial charge is 0.486 e. The fourth-order valence-corrected chi connectivity index (χ4v) is 3.24. The summed E-state index contributed by atoms with van der Waals surface area (Å²) in [6.07, 6.45) is 1.17. The Kier molecular flexibility index (Phi) is 5.43. The van der Waals surface area contributed by atoms with Crippen LogP contribution in [-0.2, 0) is 0 Å². The molecule has 2 heterocycles. The van der Waals surface area contributed by atoms with Crippen molar-refractivity contribution in [2.75, 3.05) is 25.5 Å². The third-order valence-electron chi connectivity index (χ3n) is 4.87. The summed E-state index contributed by atoms with van der Waals surface area (Å²) in [5, 5.41) is 2.79. The van der Waals surface area contributed by atoms with Crippen LogP contribution >= 0.6 is 0 Å². The molecule has 0 bridgehead atoms. The second-order valence-corrected chi connectivity index (χ2v) is 7.14. The Hall–Kier alpha value is -3.74. The van der Waals surface area contributed by atoms with E-state index in [4.69, 9.17) is 13.9 Å². The van der Waals surface area contributed by atoms with Crippen molar-refractivity contribution in [3.63, 3.8) is 0 Å². The Morgan fingerprint density at radius 1 is 1.10 bits per heavy atom. The summed E-state index contributed by atoms with van der Waals surface area (Å²) in [7, 11) is 1.72. The molecule has 1 atom stereocenters. The van der Waals surface area contributed by atoms with E-state index in [-0.39, 0.29) is 23.7 Å². The molecule has 3 aromatic rings. The zero-order valence-corrected chi connectivity index (χ0v) is 16.8. The fourth-order valence-electron chi connectivity index (χ4n) is 3.24. The topological polar surface area (TPSA) is 81.0 Å². The zero-order chi connectivity index (χ0) is 21.1. The van der Waals surface area contributed by atoms with E-state index in [9.17, 15) is 9.59 Å². The molecule has 4 rings (SSSR count). The molecule has 0 saturated carbocycles. The Labute approximate surface area is 174 Å². The van der Waals surface area contributed by atoms with E-state index < -0.39 is 0 Å². The first-order valence-electron chi connectivity index (χ1n) is 9.60. The number of nitrogens with zero attached hydrogens (tertiary/aromatic N) is 1. The third-order valence-corrected chi connectivity index (χ3v) is 4.87. The molecule has 1 N–H and O–H groups in total. The second kappa shape index (κ2) is 8.32. The predicted octanol–water partition coefficient (Wildman–Crippen LogP) is 3.75. The molecule has 7 heteroatoms. The minimum atomic E-state index is -0.368. The molecule has 0 spiro atoms. The molecule has 7 nitrogen and oxygen atoms in total. The van der Waals surface area contributed by atoms with Gasteiger partial charge in [0.05, 0.1) is 12.8 Å². The average molecular weight is 406 g/mol. The van der Waals surface area contributed by atoms with Crippen molar-refractivity contribution in [2.24, 2.45) is 0 Å². The molecule has 2 amide bonds. The number of amides is 2. The van der Waals surface area contributed by atoms with E-state index in [1.165, 1.54) is 6.26 Å². The lowest BCUT2D eigenvalue weighted by molar-refractivity contribution is 0.0521. The van der Waals surface area contributed by atoms with E-state index in [1.54, 1.807) is 42.3 Å². The van der Waals surface area contributed by atoms with Gasteiger partial charge in [-0.3, -0.25) is 9.59 Å². The highest BCUT2D eigenvalue weighted by molar-refractivity contribution is 6.03. The van der Waals surface area contributed by atoms with Crippen LogP contribution in [0.3, 0.4) is 0 Å². The molecular weight excluding hydrogens is 384 g/mol. The first kappa shape index (κ1) is 19.6. The monoisotopic (exact) mass is 406 g/mol. The molecule has 0 aliphatic carbocycles. The minimum absolute atomic E-state index is 0.175. The number of carbonyl (C=O) groups is 2. The van der Waals surface area contributed by atoms with Crippen LogP contribution in [0.1, 0.15) is 26.5 Å². The number of para-hydroxylation sites is 2. The van der Waals surface area contributed by atoms with Gasteiger partial charge >= 0.3 is 0 Å². The number of rotatable bonds is 5. The molecule has 1 aliphatic rings. The number of fused-ring (bicyclic) bond motifs is 1. The van der Waals surface area contributed by atoms with Crippen LogP contribution in [0.15, 0.2) is 65.3 Å². The lowest BCUT2D eigenvalue weighted by Gasteiger charge is -2.29. The van der Waals surface area contributed by atoms with Gasteiger partial charge in [-0.15, -0.1) is 0 Å². The predicted molar refractivity (Wildman–Crippen MR) is 111 cm³/mol. The lowest BCUT2D eigenvalue weighted by atomic mass is 10.1. The van der Waals surface area contributed by atoms with Crippen molar-refractivity contribution < 1.29 is 23.5 Å². The van der Waals surface area contributed by atoms with Crippen molar-refractivity contribution in [1.82, 2.24) is 4.90 Å². The number of hydrogen-bond acceptors (Lipinski definition) is 5. The van der Waals surface area contributed by atoms with Crippen molar-refractivity contribution in [3.8, 4) is 11.5 Å². The first-order chi connectivity index (χ1) is 14.5. The SMILES string of the molecule is Cc1ccc(C(=O)N(C)CC2COc3ccccc3O2)cc1NC(=O)c1ccco1. The molecule has 0 fully saturated rings. The van der Waals surface area contributed by atoms with Gasteiger partial charge in [-0.25, -0.2) is 0 Å². The number of furan rings is 1. The van der Waals surface area contributed by atoms with Gasteiger partial charge in [-0.1, -0.05) is 18.2 Å². The Morgan fingerprint density at radius 2 is 1.90 bits per heavy atom. The Balaban J connectivity index is 1.43. The molecule has 154 valence electrons. The van der Waals surface area contributed by atoms with Crippen LogP contribution in [0.4, 0.5) is 5.69 Å². The number of nitrogens with one attached hydrogen (secondary N) is 1. The van der Waals surface area contributed by atoms with E-state index in [2.05, 4.69) is 5.32 Å². The zero-order valence-electron chi connectivity index (χ0n) is 16.8. The maximum Gasteiger partial charge on any atom is 0.291 e. The van der Waals surface area contributed by atoms with Crippen LogP contribution in [0.25, 0.3) is 0 Å². The van der Waals surface area contributed by atoms with E-state index in [0.29, 0.717) is 35.9 Å². The van der Waals surface area contributed by atoms with Gasteiger partial charge in [0, 0.05) is 18.3 Å². The minimum Gasteiger partial charge on any atom is -0.486 e. The van der Waals surface area contributed by atoms with Gasteiger partial charge in [-0.05, 0) is 48.9 Å². The van der Waals surface area contributed by atoms with Gasteiger partial charge in [0.15, 0.2) is 23.4 Å².